The lowest BCUT2D eigenvalue weighted by Crippen LogP contribution is -2.27. The Morgan fingerprint density at radius 3 is 1.64 bits per heavy atom. The Morgan fingerprint density at radius 1 is 1.18 bits per heavy atom. The van der Waals surface area contributed by atoms with Crippen LogP contribution in [0.3, 0.4) is 0 Å². The molecule has 0 fully saturated rings. The Balaban J connectivity index is 4.96. The van der Waals surface area contributed by atoms with Crippen molar-refractivity contribution in [1.82, 2.24) is 0 Å². The van der Waals surface area contributed by atoms with Gasteiger partial charge in [-0.05, 0) is 6.92 Å². The third kappa shape index (κ3) is 2.78. The van der Waals surface area contributed by atoms with E-state index in [-0.39, 0.29) is 5.75 Å². The van der Waals surface area contributed by atoms with Crippen LogP contribution in [-0.4, -0.2) is 33.4 Å². The molecule has 4 nitrogen and oxygen atoms in total. The average molecular weight is 200 g/mol. The van der Waals surface area contributed by atoms with E-state index in [1.165, 1.54) is 13.8 Å². The minimum Gasteiger partial charge on any atom is -0.228 e. The van der Waals surface area contributed by atoms with Gasteiger partial charge in [0.15, 0.2) is 24.3 Å². The van der Waals surface area contributed by atoms with Gasteiger partial charge in [-0.1, -0.05) is 6.92 Å². The lowest BCUT2D eigenvalue weighted by atomic mass is 10.9. The van der Waals surface area contributed by atoms with E-state index in [9.17, 15) is 16.8 Å². The minimum absolute atomic E-state index is 0.138. The molecule has 0 aliphatic heterocycles. The number of rotatable bonds is 3. The fraction of sp³-hybridized carbons (Fsp3) is 1.00. The summed E-state index contributed by atoms with van der Waals surface area (Å²) >= 11 is 0. The molecule has 0 aliphatic carbocycles. The van der Waals surface area contributed by atoms with Gasteiger partial charge in [-0.2, -0.15) is 0 Å². The SMILES string of the molecule is CCS(=O)(=O)C(C)S(C)(=O)=O. The maximum absolute atomic E-state index is 11.0. The topological polar surface area (TPSA) is 68.3 Å². The second kappa shape index (κ2) is 3.10. The summed E-state index contributed by atoms with van der Waals surface area (Å²) in [6, 6.07) is 0. The van der Waals surface area contributed by atoms with Crippen molar-refractivity contribution in [1.29, 1.82) is 0 Å². The van der Waals surface area contributed by atoms with E-state index in [4.69, 9.17) is 0 Å². The van der Waals surface area contributed by atoms with Crippen LogP contribution in [0.2, 0.25) is 0 Å². The predicted molar refractivity (Wildman–Crippen MR) is 43.8 cm³/mol. The van der Waals surface area contributed by atoms with Gasteiger partial charge in [0, 0.05) is 12.0 Å². The zero-order chi connectivity index (χ0) is 9.28. The van der Waals surface area contributed by atoms with Crippen LogP contribution in [0.15, 0.2) is 0 Å². The first-order valence-electron chi connectivity index (χ1n) is 3.12. The number of hydrogen-bond acceptors (Lipinski definition) is 4. The molecule has 0 saturated heterocycles. The van der Waals surface area contributed by atoms with Crippen LogP contribution in [0.4, 0.5) is 0 Å². The van der Waals surface area contributed by atoms with Gasteiger partial charge in [-0.25, -0.2) is 16.8 Å². The molecule has 0 aliphatic rings. The van der Waals surface area contributed by atoms with Gasteiger partial charge in [0.05, 0.1) is 0 Å². The van der Waals surface area contributed by atoms with Crippen molar-refractivity contribution < 1.29 is 16.8 Å². The molecule has 0 radical (unpaired) electrons. The Hall–Kier alpha value is -0.100. The van der Waals surface area contributed by atoms with E-state index in [1.54, 1.807) is 0 Å². The van der Waals surface area contributed by atoms with Crippen molar-refractivity contribution >= 4 is 19.7 Å². The van der Waals surface area contributed by atoms with Crippen LogP contribution in [0.5, 0.6) is 0 Å². The van der Waals surface area contributed by atoms with E-state index in [0.717, 1.165) is 6.26 Å². The molecule has 1 unspecified atom stereocenters. The van der Waals surface area contributed by atoms with E-state index >= 15 is 0 Å². The highest BCUT2D eigenvalue weighted by Gasteiger charge is 2.27. The Labute approximate surface area is 67.4 Å². The van der Waals surface area contributed by atoms with E-state index < -0.39 is 24.3 Å². The van der Waals surface area contributed by atoms with Crippen LogP contribution in [0.25, 0.3) is 0 Å². The summed E-state index contributed by atoms with van der Waals surface area (Å²) in [6.07, 6.45) is 0.922. The van der Waals surface area contributed by atoms with Crippen molar-refractivity contribution in [3.05, 3.63) is 0 Å². The average Bonchev–Trinajstić information content (AvgIpc) is 1.84. The largest absolute Gasteiger partial charge is 0.228 e. The molecule has 0 amide bonds. The summed E-state index contributed by atoms with van der Waals surface area (Å²) in [7, 11) is -6.90. The van der Waals surface area contributed by atoms with Gasteiger partial charge >= 0.3 is 0 Å². The van der Waals surface area contributed by atoms with Crippen LogP contribution < -0.4 is 0 Å². The summed E-state index contributed by atoms with van der Waals surface area (Å²) in [6.45, 7) is 2.62. The molecule has 11 heavy (non-hydrogen) atoms. The summed E-state index contributed by atoms with van der Waals surface area (Å²) in [5, 5.41) is 0. The molecule has 1 atom stereocenters. The molecule has 0 spiro atoms. The fourth-order valence-corrected chi connectivity index (χ4v) is 3.51. The van der Waals surface area contributed by atoms with Crippen LogP contribution >= 0.6 is 0 Å². The lowest BCUT2D eigenvalue weighted by Gasteiger charge is -2.07. The monoisotopic (exact) mass is 200 g/mol. The second-order valence-corrected chi connectivity index (χ2v) is 7.62. The maximum Gasteiger partial charge on any atom is 0.166 e. The van der Waals surface area contributed by atoms with Gasteiger partial charge in [0.1, 0.15) is 0 Å². The van der Waals surface area contributed by atoms with Crippen LogP contribution in [0.1, 0.15) is 13.8 Å². The molecule has 0 aromatic rings. The molecule has 68 valence electrons. The highest BCUT2D eigenvalue weighted by atomic mass is 32.3. The third-order valence-corrected chi connectivity index (χ3v) is 6.46. The summed E-state index contributed by atoms with van der Waals surface area (Å²) in [5.74, 6) is -0.138. The van der Waals surface area contributed by atoms with Crippen molar-refractivity contribution in [2.24, 2.45) is 0 Å². The van der Waals surface area contributed by atoms with Crippen LogP contribution in [-0.2, 0) is 19.7 Å². The molecule has 0 bridgehead atoms. The van der Waals surface area contributed by atoms with Crippen molar-refractivity contribution in [3.63, 3.8) is 0 Å². The maximum atomic E-state index is 11.0. The fourth-order valence-electron chi connectivity index (χ4n) is 0.501. The van der Waals surface area contributed by atoms with Crippen molar-refractivity contribution in [2.75, 3.05) is 12.0 Å². The molecule has 6 heteroatoms. The standard InChI is InChI=1S/C5H12O4S2/c1-4-11(8,9)5(2)10(3,6)7/h5H,4H2,1-3H3. The summed E-state index contributed by atoms with van der Waals surface area (Å²) in [4.78, 5) is 0. The van der Waals surface area contributed by atoms with E-state index in [0.29, 0.717) is 0 Å². The summed E-state index contributed by atoms with van der Waals surface area (Å²) < 4.78 is 42.2. The highest BCUT2D eigenvalue weighted by molar-refractivity contribution is 8.08. The lowest BCUT2D eigenvalue weighted by molar-refractivity contribution is 0.581. The minimum atomic E-state index is -3.46. The molecular weight excluding hydrogens is 188 g/mol. The van der Waals surface area contributed by atoms with Crippen molar-refractivity contribution in [3.8, 4) is 0 Å². The predicted octanol–water partition coefficient (Wildman–Crippen LogP) is -0.188. The Kier molecular flexibility index (Phi) is 3.07. The molecule has 0 aromatic carbocycles. The molecule has 0 aromatic heterocycles. The zero-order valence-electron chi connectivity index (χ0n) is 6.73. The first-order valence-corrected chi connectivity index (χ1v) is 6.79. The second-order valence-electron chi connectivity index (χ2n) is 2.35. The van der Waals surface area contributed by atoms with E-state index in [2.05, 4.69) is 0 Å². The third-order valence-electron chi connectivity index (χ3n) is 1.51. The Bertz CT molecular complexity index is 310. The van der Waals surface area contributed by atoms with Crippen LogP contribution in [0, 0.1) is 0 Å². The number of hydrogen-bond donors (Lipinski definition) is 0. The molecular formula is C5H12O4S2. The van der Waals surface area contributed by atoms with Crippen molar-refractivity contribution in [2.45, 2.75) is 18.4 Å². The zero-order valence-corrected chi connectivity index (χ0v) is 8.37. The summed E-state index contributed by atoms with van der Waals surface area (Å²) in [5.41, 5.74) is 0. The molecule has 0 rings (SSSR count). The highest BCUT2D eigenvalue weighted by Crippen LogP contribution is 2.07. The van der Waals surface area contributed by atoms with Gasteiger partial charge in [-0.15, -0.1) is 0 Å². The first-order chi connectivity index (χ1) is 4.72. The normalized spacial score (nSPS) is 16.3. The first kappa shape index (κ1) is 10.9. The quantitative estimate of drug-likeness (QED) is 0.633. The molecule has 0 heterocycles. The van der Waals surface area contributed by atoms with Gasteiger partial charge in [-0.3, -0.25) is 0 Å². The van der Waals surface area contributed by atoms with E-state index in [1.807, 2.05) is 0 Å². The van der Waals surface area contributed by atoms with Gasteiger partial charge < -0.3 is 0 Å². The molecule has 0 N–H and O–H groups in total. The molecule has 0 saturated carbocycles. The van der Waals surface area contributed by atoms with Gasteiger partial charge in [0.2, 0.25) is 0 Å². The van der Waals surface area contributed by atoms with Gasteiger partial charge in [0.25, 0.3) is 0 Å². The smallest absolute Gasteiger partial charge is 0.166 e. The number of sulfone groups is 2. The Morgan fingerprint density at radius 2 is 1.55 bits per heavy atom.